The van der Waals surface area contributed by atoms with Crippen molar-refractivity contribution >= 4 is 17.3 Å². The molecule has 0 bridgehead atoms. The average Bonchev–Trinajstić information content (AvgIpc) is 2.67. The van der Waals surface area contributed by atoms with E-state index in [0.717, 1.165) is 11.1 Å². The van der Waals surface area contributed by atoms with E-state index < -0.39 is 5.97 Å². The molecule has 0 aliphatic heterocycles. The molecule has 0 saturated heterocycles. The summed E-state index contributed by atoms with van der Waals surface area (Å²) in [4.78, 5) is 15.1. The van der Waals surface area contributed by atoms with Crippen LogP contribution in [0.2, 0.25) is 0 Å². The number of carboxylic acids is 1. The van der Waals surface area contributed by atoms with Crippen molar-refractivity contribution in [3.63, 3.8) is 0 Å². The van der Waals surface area contributed by atoms with Crippen LogP contribution >= 0.6 is 11.3 Å². The smallest absolute Gasteiger partial charge is 0.346 e. The van der Waals surface area contributed by atoms with E-state index in [1.807, 2.05) is 6.07 Å². The van der Waals surface area contributed by atoms with Crippen molar-refractivity contribution in [2.75, 3.05) is 0 Å². The Morgan fingerprint density at radius 3 is 2.64 bits per heavy atom. The number of pyridine rings is 1. The number of carboxylic acid groups (broad SMARTS) is 1. The van der Waals surface area contributed by atoms with Crippen LogP contribution in [-0.4, -0.2) is 16.1 Å². The van der Waals surface area contributed by atoms with E-state index >= 15 is 0 Å². The summed E-state index contributed by atoms with van der Waals surface area (Å²) in [6.45, 7) is 0. The van der Waals surface area contributed by atoms with Crippen molar-refractivity contribution in [3.8, 4) is 11.1 Å². The lowest BCUT2D eigenvalue weighted by atomic mass is 10.1. The Morgan fingerprint density at radius 2 is 2.00 bits per heavy atom. The van der Waals surface area contributed by atoms with Crippen LogP contribution in [0.4, 0.5) is 0 Å². The fourth-order valence-corrected chi connectivity index (χ4v) is 1.99. The zero-order valence-electron chi connectivity index (χ0n) is 7.18. The summed E-state index contributed by atoms with van der Waals surface area (Å²) in [5, 5.41) is 10.7. The van der Waals surface area contributed by atoms with Crippen LogP contribution in [0.25, 0.3) is 11.1 Å². The minimum absolute atomic E-state index is 0.371. The highest BCUT2D eigenvalue weighted by Gasteiger charge is 2.12. The third kappa shape index (κ3) is 1.52. The number of rotatable bonds is 2. The molecule has 4 heteroatoms. The van der Waals surface area contributed by atoms with Crippen LogP contribution in [0.1, 0.15) is 9.67 Å². The molecule has 2 aromatic rings. The third-order valence-corrected chi connectivity index (χ3v) is 2.75. The van der Waals surface area contributed by atoms with Gasteiger partial charge in [0.2, 0.25) is 0 Å². The largest absolute Gasteiger partial charge is 0.477 e. The van der Waals surface area contributed by atoms with Crippen LogP contribution in [0, 0.1) is 0 Å². The van der Waals surface area contributed by atoms with Gasteiger partial charge in [-0.05, 0) is 29.1 Å². The van der Waals surface area contributed by atoms with E-state index in [-0.39, 0.29) is 0 Å². The van der Waals surface area contributed by atoms with Crippen LogP contribution in [0.3, 0.4) is 0 Å². The van der Waals surface area contributed by atoms with Crippen molar-refractivity contribution in [2.24, 2.45) is 0 Å². The number of aromatic nitrogens is 1. The van der Waals surface area contributed by atoms with Crippen molar-refractivity contribution < 1.29 is 9.90 Å². The molecule has 2 aromatic heterocycles. The van der Waals surface area contributed by atoms with Gasteiger partial charge in [0.25, 0.3) is 0 Å². The molecular formula is C10H7NO2S. The molecule has 0 saturated carbocycles. The molecule has 0 fully saturated rings. The highest BCUT2D eigenvalue weighted by molar-refractivity contribution is 7.12. The zero-order chi connectivity index (χ0) is 9.97. The normalized spacial score (nSPS) is 10.0. The summed E-state index contributed by atoms with van der Waals surface area (Å²) < 4.78 is 0. The molecule has 0 aliphatic rings. The molecule has 0 amide bonds. The summed E-state index contributed by atoms with van der Waals surface area (Å²) in [7, 11) is 0. The molecule has 0 unspecified atom stereocenters. The SMILES string of the molecule is O=C(O)c1sccc1-c1ccncc1. The second-order valence-corrected chi connectivity index (χ2v) is 3.62. The van der Waals surface area contributed by atoms with Gasteiger partial charge in [0.15, 0.2) is 0 Å². The van der Waals surface area contributed by atoms with Crippen molar-refractivity contribution in [2.45, 2.75) is 0 Å². The lowest BCUT2D eigenvalue weighted by molar-refractivity contribution is 0.0703. The maximum atomic E-state index is 10.9. The summed E-state index contributed by atoms with van der Waals surface area (Å²) in [5.41, 5.74) is 1.64. The van der Waals surface area contributed by atoms with Gasteiger partial charge in [0.1, 0.15) is 4.88 Å². The van der Waals surface area contributed by atoms with E-state index in [2.05, 4.69) is 4.98 Å². The van der Waals surface area contributed by atoms with Gasteiger partial charge >= 0.3 is 5.97 Å². The van der Waals surface area contributed by atoms with Gasteiger partial charge < -0.3 is 5.11 Å². The summed E-state index contributed by atoms with van der Waals surface area (Å²) >= 11 is 1.23. The monoisotopic (exact) mass is 205 g/mol. The second kappa shape index (κ2) is 3.59. The summed E-state index contributed by atoms with van der Waals surface area (Å²) in [6.07, 6.45) is 3.30. The summed E-state index contributed by atoms with van der Waals surface area (Å²) in [6, 6.07) is 5.41. The molecule has 0 radical (unpaired) electrons. The van der Waals surface area contributed by atoms with Gasteiger partial charge in [0, 0.05) is 18.0 Å². The minimum atomic E-state index is -0.883. The number of hydrogen-bond acceptors (Lipinski definition) is 3. The second-order valence-electron chi connectivity index (χ2n) is 2.70. The molecule has 0 atom stereocenters. The molecule has 0 spiro atoms. The lowest BCUT2D eigenvalue weighted by Crippen LogP contribution is -1.94. The minimum Gasteiger partial charge on any atom is -0.477 e. The average molecular weight is 205 g/mol. The highest BCUT2D eigenvalue weighted by atomic mass is 32.1. The van der Waals surface area contributed by atoms with E-state index in [4.69, 9.17) is 5.11 Å². The Bertz CT molecular complexity index is 450. The predicted octanol–water partition coefficient (Wildman–Crippen LogP) is 2.51. The molecule has 2 rings (SSSR count). The molecule has 70 valence electrons. The quantitative estimate of drug-likeness (QED) is 0.819. The first-order chi connectivity index (χ1) is 6.79. The van der Waals surface area contributed by atoms with Crippen LogP contribution in [-0.2, 0) is 0 Å². The van der Waals surface area contributed by atoms with Gasteiger partial charge in [-0.2, -0.15) is 0 Å². The Kier molecular flexibility index (Phi) is 2.28. The van der Waals surface area contributed by atoms with Crippen LogP contribution < -0.4 is 0 Å². The van der Waals surface area contributed by atoms with Gasteiger partial charge in [-0.3, -0.25) is 4.98 Å². The molecule has 3 nitrogen and oxygen atoms in total. The standard InChI is InChI=1S/C10H7NO2S/c12-10(13)9-8(3-6-14-9)7-1-4-11-5-2-7/h1-6H,(H,12,13). The first kappa shape index (κ1) is 8.90. The van der Waals surface area contributed by atoms with E-state index in [9.17, 15) is 4.79 Å². The molecule has 14 heavy (non-hydrogen) atoms. The molecule has 0 aliphatic carbocycles. The summed E-state index contributed by atoms with van der Waals surface area (Å²) in [5.74, 6) is -0.883. The number of hydrogen-bond donors (Lipinski definition) is 1. The van der Waals surface area contributed by atoms with E-state index in [0.29, 0.717) is 4.88 Å². The number of thiophene rings is 1. The molecule has 1 N–H and O–H groups in total. The maximum absolute atomic E-state index is 10.9. The van der Waals surface area contributed by atoms with Crippen molar-refractivity contribution in [1.82, 2.24) is 4.98 Å². The van der Waals surface area contributed by atoms with Crippen LogP contribution in [0.15, 0.2) is 36.0 Å². The van der Waals surface area contributed by atoms with Gasteiger partial charge in [-0.15, -0.1) is 11.3 Å². The predicted molar refractivity (Wildman–Crippen MR) is 54.5 cm³/mol. The number of aromatic carboxylic acids is 1. The van der Waals surface area contributed by atoms with Gasteiger partial charge in [-0.25, -0.2) is 4.79 Å². The van der Waals surface area contributed by atoms with Gasteiger partial charge in [0.05, 0.1) is 0 Å². The third-order valence-electron chi connectivity index (χ3n) is 1.85. The van der Waals surface area contributed by atoms with Crippen molar-refractivity contribution in [3.05, 3.63) is 40.8 Å². The fraction of sp³-hybridized carbons (Fsp3) is 0. The lowest BCUT2D eigenvalue weighted by Gasteiger charge is -1.98. The van der Waals surface area contributed by atoms with Crippen molar-refractivity contribution in [1.29, 1.82) is 0 Å². The molecule has 2 heterocycles. The van der Waals surface area contributed by atoms with E-state index in [1.54, 1.807) is 29.9 Å². The van der Waals surface area contributed by atoms with E-state index in [1.165, 1.54) is 11.3 Å². The fourth-order valence-electron chi connectivity index (χ4n) is 1.23. The van der Waals surface area contributed by atoms with Crippen LogP contribution in [0.5, 0.6) is 0 Å². The number of nitrogens with zero attached hydrogens (tertiary/aromatic N) is 1. The highest BCUT2D eigenvalue weighted by Crippen LogP contribution is 2.27. The Morgan fingerprint density at radius 1 is 1.29 bits per heavy atom. The Balaban J connectivity index is 2.52. The Hall–Kier alpha value is -1.68. The number of carbonyl (C=O) groups is 1. The molecular weight excluding hydrogens is 198 g/mol. The first-order valence-corrected chi connectivity index (χ1v) is 4.88. The van der Waals surface area contributed by atoms with Gasteiger partial charge in [-0.1, -0.05) is 0 Å². The maximum Gasteiger partial charge on any atom is 0.346 e. The molecule has 0 aromatic carbocycles. The Labute approximate surface area is 84.7 Å². The zero-order valence-corrected chi connectivity index (χ0v) is 7.99. The first-order valence-electron chi connectivity index (χ1n) is 4.00. The topological polar surface area (TPSA) is 50.2 Å².